The Kier molecular flexibility index (Phi) is 6.46. The largest absolute Gasteiger partial charge is 0.463 e. The second-order valence-electron chi connectivity index (χ2n) is 5.95. The van der Waals surface area contributed by atoms with E-state index in [9.17, 15) is 27.6 Å². The lowest BCUT2D eigenvalue weighted by Crippen LogP contribution is -2.50. The van der Waals surface area contributed by atoms with E-state index in [1.807, 2.05) is 5.32 Å². The summed E-state index contributed by atoms with van der Waals surface area (Å²) in [6.07, 6.45) is -3.46. The summed E-state index contributed by atoms with van der Waals surface area (Å²) in [7, 11) is 0. The van der Waals surface area contributed by atoms with Gasteiger partial charge in [0.15, 0.2) is 0 Å². The van der Waals surface area contributed by atoms with Crippen LogP contribution in [-0.4, -0.2) is 67.8 Å². The highest BCUT2D eigenvalue weighted by Gasteiger charge is 2.35. The van der Waals surface area contributed by atoms with Crippen LogP contribution in [0, 0.1) is 0 Å². The van der Waals surface area contributed by atoms with Gasteiger partial charge in [-0.1, -0.05) is 0 Å². The van der Waals surface area contributed by atoms with E-state index in [4.69, 9.17) is 4.74 Å². The van der Waals surface area contributed by atoms with Crippen LogP contribution in [0.25, 0.3) is 0 Å². The average molecular weight is 378 g/mol. The van der Waals surface area contributed by atoms with E-state index in [1.165, 1.54) is 0 Å². The highest BCUT2D eigenvalue weighted by atomic mass is 19.4. The molecule has 0 unspecified atom stereocenters. The van der Waals surface area contributed by atoms with Gasteiger partial charge in [-0.2, -0.15) is 13.2 Å². The third kappa shape index (κ3) is 5.35. The Morgan fingerprint density at radius 3 is 2.77 bits per heavy atom. The van der Waals surface area contributed by atoms with Crippen LogP contribution in [0.15, 0.2) is 11.3 Å². The van der Waals surface area contributed by atoms with Gasteiger partial charge < -0.3 is 20.7 Å². The highest BCUT2D eigenvalue weighted by molar-refractivity contribution is 5.93. The molecule has 0 spiro atoms. The Bertz CT molecular complexity index is 606. The van der Waals surface area contributed by atoms with Gasteiger partial charge in [-0.25, -0.2) is 9.59 Å². The molecule has 146 valence electrons. The second kappa shape index (κ2) is 8.39. The SMILES string of the molecule is CCOC(=O)C1=C(CN2CCC[C@H]2C(=O)NCC(F)(F)F)NC(=O)NC1. The molecule has 0 aromatic heterocycles. The van der Waals surface area contributed by atoms with Crippen molar-refractivity contribution in [1.82, 2.24) is 20.9 Å². The predicted octanol–water partition coefficient (Wildman–Crippen LogP) is 0.259. The molecule has 3 N–H and O–H groups in total. The first kappa shape index (κ1) is 20.0. The molecular formula is C15H21F3N4O4. The van der Waals surface area contributed by atoms with Crippen LogP contribution in [0.2, 0.25) is 0 Å². The number of carbonyl (C=O) groups is 3. The molecule has 2 heterocycles. The zero-order valence-electron chi connectivity index (χ0n) is 14.2. The maximum atomic E-state index is 12.3. The standard InChI is InChI=1S/C15H21F3N4O4/c1-2-26-13(24)9-6-19-14(25)21-10(9)7-22-5-3-4-11(22)12(23)20-8-15(16,17)18/h11H,2-8H2,1H3,(H,20,23)(H2,19,21,25)/t11-/m0/s1. The van der Waals surface area contributed by atoms with Gasteiger partial charge in [0.05, 0.1) is 24.8 Å². The summed E-state index contributed by atoms with van der Waals surface area (Å²) in [4.78, 5) is 37.3. The van der Waals surface area contributed by atoms with Crippen molar-refractivity contribution in [2.24, 2.45) is 0 Å². The smallest absolute Gasteiger partial charge is 0.405 e. The van der Waals surface area contributed by atoms with Crippen LogP contribution in [-0.2, 0) is 14.3 Å². The molecule has 0 aliphatic carbocycles. The van der Waals surface area contributed by atoms with Gasteiger partial charge in [0, 0.05) is 12.2 Å². The average Bonchev–Trinajstić information content (AvgIpc) is 3.00. The molecule has 3 amide bonds. The summed E-state index contributed by atoms with van der Waals surface area (Å²) in [5.74, 6) is -1.31. The van der Waals surface area contributed by atoms with Crippen LogP contribution < -0.4 is 16.0 Å². The molecular weight excluding hydrogens is 357 g/mol. The van der Waals surface area contributed by atoms with Crippen LogP contribution in [0.1, 0.15) is 19.8 Å². The summed E-state index contributed by atoms with van der Waals surface area (Å²) in [5.41, 5.74) is 0.524. The van der Waals surface area contributed by atoms with Crippen molar-refractivity contribution in [2.45, 2.75) is 32.0 Å². The topological polar surface area (TPSA) is 99.8 Å². The minimum Gasteiger partial charge on any atom is -0.463 e. The maximum Gasteiger partial charge on any atom is 0.405 e. The third-order valence-corrected chi connectivity index (χ3v) is 4.07. The Morgan fingerprint density at radius 2 is 2.12 bits per heavy atom. The van der Waals surface area contributed by atoms with Crippen molar-refractivity contribution in [1.29, 1.82) is 0 Å². The number of alkyl halides is 3. The lowest BCUT2D eigenvalue weighted by Gasteiger charge is -2.28. The quantitative estimate of drug-likeness (QED) is 0.576. The van der Waals surface area contributed by atoms with Crippen LogP contribution >= 0.6 is 0 Å². The van der Waals surface area contributed by atoms with E-state index < -0.39 is 36.7 Å². The first-order valence-electron chi connectivity index (χ1n) is 8.23. The van der Waals surface area contributed by atoms with E-state index in [-0.39, 0.29) is 25.3 Å². The Hall–Kier alpha value is -2.30. The number of ether oxygens (including phenoxy) is 1. The van der Waals surface area contributed by atoms with E-state index in [0.29, 0.717) is 25.1 Å². The van der Waals surface area contributed by atoms with E-state index in [1.54, 1.807) is 11.8 Å². The fourth-order valence-corrected chi connectivity index (χ4v) is 2.90. The van der Waals surface area contributed by atoms with Crippen molar-refractivity contribution in [2.75, 3.05) is 32.8 Å². The van der Waals surface area contributed by atoms with Crippen LogP contribution in [0.4, 0.5) is 18.0 Å². The molecule has 8 nitrogen and oxygen atoms in total. The molecule has 26 heavy (non-hydrogen) atoms. The number of likely N-dealkylation sites (tertiary alicyclic amines) is 1. The van der Waals surface area contributed by atoms with Gasteiger partial charge >= 0.3 is 18.2 Å². The number of hydrogen-bond acceptors (Lipinski definition) is 5. The number of hydrogen-bond donors (Lipinski definition) is 3. The van der Waals surface area contributed by atoms with Crippen molar-refractivity contribution in [3.63, 3.8) is 0 Å². The fraction of sp³-hybridized carbons (Fsp3) is 0.667. The molecule has 1 atom stereocenters. The first-order chi connectivity index (χ1) is 12.2. The zero-order chi connectivity index (χ0) is 19.3. The Labute approximate surface area is 148 Å². The van der Waals surface area contributed by atoms with Crippen molar-refractivity contribution in [3.8, 4) is 0 Å². The van der Waals surface area contributed by atoms with Crippen LogP contribution in [0.5, 0.6) is 0 Å². The summed E-state index contributed by atoms with van der Waals surface area (Å²) in [6.45, 7) is 0.926. The Balaban J connectivity index is 2.09. The number of urea groups is 1. The molecule has 1 saturated heterocycles. The van der Waals surface area contributed by atoms with E-state index in [0.717, 1.165) is 0 Å². The van der Waals surface area contributed by atoms with Gasteiger partial charge in [0.25, 0.3) is 0 Å². The molecule has 0 bridgehead atoms. The third-order valence-electron chi connectivity index (χ3n) is 4.07. The van der Waals surface area contributed by atoms with E-state index in [2.05, 4.69) is 10.6 Å². The maximum absolute atomic E-state index is 12.3. The number of nitrogens with one attached hydrogen (secondary N) is 3. The van der Waals surface area contributed by atoms with Crippen LogP contribution in [0.3, 0.4) is 0 Å². The van der Waals surface area contributed by atoms with Crippen molar-refractivity contribution >= 4 is 17.9 Å². The predicted molar refractivity (Wildman–Crippen MR) is 83.9 cm³/mol. The number of amides is 3. The van der Waals surface area contributed by atoms with Crippen molar-refractivity contribution in [3.05, 3.63) is 11.3 Å². The molecule has 11 heteroatoms. The minimum absolute atomic E-state index is 0.0151. The second-order valence-corrected chi connectivity index (χ2v) is 5.95. The van der Waals surface area contributed by atoms with E-state index >= 15 is 0 Å². The number of nitrogens with zero attached hydrogens (tertiary/aromatic N) is 1. The number of carbonyl (C=O) groups excluding carboxylic acids is 3. The molecule has 2 aliphatic heterocycles. The molecule has 0 aromatic rings. The fourth-order valence-electron chi connectivity index (χ4n) is 2.90. The number of halogens is 3. The summed E-state index contributed by atoms with van der Waals surface area (Å²) in [5, 5.41) is 6.87. The van der Waals surface area contributed by atoms with Gasteiger partial charge in [-0.05, 0) is 26.3 Å². The molecule has 2 rings (SSSR count). The van der Waals surface area contributed by atoms with Crippen molar-refractivity contribution < 1.29 is 32.3 Å². The molecule has 0 saturated carbocycles. The summed E-state index contributed by atoms with van der Waals surface area (Å²) in [6, 6.07) is -1.24. The zero-order valence-corrected chi connectivity index (χ0v) is 14.2. The summed E-state index contributed by atoms with van der Waals surface area (Å²) < 4.78 is 41.8. The van der Waals surface area contributed by atoms with Gasteiger partial charge in [0.1, 0.15) is 6.54 Å². The number of esters is 1. The number of rotatable bonds is 6. The lowest BCUT2D eigenvalue weighted by molar-refractivity contribution is -0.141. The normalized spacial score (nSPS) is 21.2. The van der Waals surface area contributed by atoms with Gasteiger partial charge in [0.2, 0.25) is 5.91 Å². The van der Waals surface area contributed by atoms with Gasteiger partial charge in [-0.3, -0.25) is 9.69 Å². The lowest BCUT2D eigenvalue weighted by atomic mass is 10.1. The first-order valence-corrected chi connectivity index (χ1v) is 8.23. The molecule has 1 fully saturated rings. The van der Waals surface area contributed by atoms with Gasteiger partial charge in [-0.15, -0.1) is 0 Å². The minimum atomic E-state index is -4.48. The summed E-state index contributed by atoms with van der Waals surface area (Å²) >= 11 is 0. The Morgan fingerprint density at radius 1 is 1.38 bits per heavy atom. The molecule has 2 aliphatic rings. The molecule has 0 radical (unpaired) electrons. The molecule has 0 aromatic carbocycles. The highest BCUT2D eigenvalue weighted by Crippen LogP contribution is 2.21. The monoisotopic (exact) mass is 378 g/mol.